The number of aromatic nitrogens is 2. The van der Waals surface area contributed by atoms with E-state index in [9.17, 15) is 0 Å². The highest BCUT2D eigenvalue weighted by atomic mass is 15.2. The molecule has 1 N–H and O–H groups in total. The van der Waals surface area contributed by atoms with Gasteiger partial charge in [-0.1, -0.05) is 33.6 Å². The standard InChI is InChI=1S/C15H28N4/c1-5-10-16-15-17-11-9-14(18-15)19(8-4)12-13(6-2)7-3/h9,11,13H,5-8,10,12H2,1-4H3,(H,16,17,18). The maximum absolute atomic E-state index is 4.61. The first-order valence-corrected chi connectivity index (χ1v) is 7.56. The summed E-state index contributed by atoms with van der Waals surface area (Å²) in [5.41, 5.74) is 0. The quantitative estimate of drug-likeness (QED) is 0.740. The van der Waals surface area contributed by atoms with Gasteiger partial charge in [-0.2, -0.15) is 4.98 Å². The number of nitrogens with zero attached hydrogens (tertiary/aromatic N) is 3. The zero-order valence-corrected chi connectivity index (χ0v) is 12.8. The minimum atomic E-state index is 0.738. The second-order valence-electron chi connectivity index (χ2n) is 4.89. The summed E-state index contributed by atoms with van der Waals surface area (Å²) in [5, 5.41) is 3.25. The fraction of sp³-hybridized carbons (Fsp3) is 0.733. The molecule has 0 aliphatic carbocycles. The Morgan fingerprint density at radius 3 is 2.53 bits per heavy atom. The van der Waals surface area contributed by atoms with E-state index in [1.807, 2.05) is 12.3 Å². The fourth-order valence-electron chi connectivity index (χ4n) is 2.09. The van der Waals surface area contributed by atoms with Crippen molar-refractivity contribution in [2.24, 2.45) is 5.92 Å². The topological polar surface area (TPSA) is 41.1 Å². The number of nitrogens with one attached hydrogen (secondary N) is 1. The summed E-state index contributed by atoms with van der Waals surface area (Å²) in [5.74, 6) is 2.51. The molecule has 0 saturated carbocycles. The average Bonchev–Trinajstić information content (AvgIpc) is 2.47. The van der Waals surface area contributed by atoms with Gasteiger partial charge >= 0.3 is 0 Å². The first-order chi connectivity index (χ1) is 9.24. The summed E-state index contributed by atoms with van der Waals surface area (Å²) in [6, 6.07) is 2.00. The van der Waals surface area contributed by atoms with Crippen LogP contribution in [-0.2, 0) is 0 Å². The molecule has 0 aromatic carbocycles. The van der Waals surface area contributed by atoms with Gasteiger partial charge in [-0.25, -0.2) is 4.98 Å². The molecule has 1 rings (SSSR count). The SMILES string of the molecule is CCCNc1nccc(N(CC)CC(CC)CC)n1. The van der Waals surface area contributed by atoms with Crippen LogP contribution in [-0.4, -0.2) is 29.6 Å². The number of rotatable bonds is 9. The lowest BCUT2D eigenvalue weighted by molar-refractivity contribution is 0.484. The van der Waals surface area contributed by atoms with Crippen LogP contribution in [0.15, 0.2) is 12.3 Å². The molecule has 0 fully saturated rings. The van der Waals surface area contributed by atoms with Crippen molar-refractivity contribution in [2.45, 2.75) is 47.0 Å². The van der Waals surface area contributed by atoms with Crippen LogP contribution in [0, 0.1) is 5.92 Å². The van der Waals surface area contributed by atoms with Crippen LogP contribution in [0.1, 0.15) is 47.0 Å². The highest BCUT2D eigenvalue weighted by Crippen LogP contribution is 2.17. The number of hydrogen-bond donors (Lipinski definition) is 1. The molecule has 1 aromatic heterocycles. The molecule has 0 saturated heterocycles. The molecule has 4 nitrogen and oxygen atoms in total. The molecule has 0 atom stereocenters. The zero-order valence-electron chi connectivity index (χ0n) is 12.8. The second-order valence-corrected chi connectivity index (χ2v) is 4.89. The normalized spacial score (nSPS) is 10.8. The van der Waals surface area contributed by atoms with Crippen LogP contribution in [0.5, 0.6) is 0 Å². The Bertz CT molecular complexity index is 350. The Balaban J connectivity index is 2.74. The van der Waals surface area contributed by atoms with E-state index in [0.29, 0.717) is 0 Å². The summed E-state index contributed by atoms with van der Waals surface area (Å²) in [7, 11) is 0. The number of hydrogen-bond acceptors (Lipinski definition) is 4. The van der Waals surface area contributed by atoms with E-state index in [4.69, 9.17) is 0 Å². The molecular weight excluding hydrogens is 236 g/mol. The van der Waals surface area contributed by atoms with Crippen molar-refractivity contribution in [2.75, 3.05) is 29.9 Å². The molecule has 0 amide bonds. The summed E-state index contributed by atoms with van der Waals surface area (Å²) in [6.45, 7) is 11.8. The van der Waals surface area contributed by atoms with Crippen molar-refractivity contribution in [3.05, 3.63) is 12.3 Å². The Labute approximate surface area is 117 Å². The maximum atomic E-state index is 4.61. The van der Waals surface area contributed by atoms with Crippen molar-refractivity contribution < 1.29 is 0 Å². The van der Waals surface area contributed by atoms with Gasteiger partial charge in [0.1, 0.15) is 5.82 Å². The molecular formula is C15H28N4. The van der Waals surface area contributed by atoms with E-state index in [-0.39, 0.29) is 0 Å². The van der Waals surface area contributed by atoms with Gasteiger partial charge in [0.25, 0.3) is 0 Å². The van der Waals surface area contributed by atoms with E-state index < -0.39 is 0 Å². The van der Waals surface area contributed by atoms with E-state index in [0.717, 1.165) is 43.7 Å². The summed E-state index contributed by atoms with van der Waals surface area (Å²) < 4.78 is 0. The summed E-state index contributed by atoms with van der Waals surface area (Å²) in [4.78, 5) is 11.2. The molecule has 108 valence electrons. The lowest BCUT2D eigenvalue weighted by Gasteiger charge is -2.26. The molecule has 19 heavy (non-hydrogen) atoms. The van der Waals surface area contributed by atoms with Gasteiger partial charge < -0.3 is 10.2 Å². The number of anilines is 2. The molecule has 0 unspecified atom stereocenters. The van der Waals surface area contributed by atoms with Crippen LogP contribution in [0.4, 0.5) is 11.8 Å². The highest BCUT2D eigenvalue weighted by Gasteiger charge is 2.12. The van der Waals surface area contributed by atoms with Gasteiger partial charge in [0.15, 0.2) is 0 Å². The molecule has 1 aromatic rings. The van der Waals surface area contributed by atoms with E-state index in [1.165, 1.54) is 12.8 Å². The molecule has 0 bridgehead atoms. The van der Waals surface area contributed by atoms with E-state index >= 15 is 0 Å². The Morgan fingerprint density at radius 1 is 1.21 bits per heavy atom. The third-order valence-corrected chi connectivity index (χ3v) is 3.51. The second kappa shape index (κ2) is 8.73. The lowest BCUT2D eigenvalue weighted by Crippen LogP contribution is -2.30. The van der Waals surface area contributed by atoms with Crippen molar-refractivity contribution in [1.82, 2.24) is 9.97 Å². The van der Waals surface area contributed by atoms with Crippen LogP contribution < -0.4 is 10.2 Å². The Hall–Kier alpha value is -1.32. The van der Waals surface area contributed by atoms with Gasteiger partial charge in [0, 0.05) is 25.8 Å². The van der Waals surface area contributed by atoms with Gasteiger partial charge in [-0.15, -0.1) is 0 Å². The molecule has 4 heteroatoms. The largest absolute Gasteiger partial charge is 0.356 e. The lowest BCUT2D eigenvalue weighted by atomic mass is 10.0. The van der Waals surface area contributed by atoms with E-state index in [2.05, 4.69) is 47.9 Å². The fourth-order valence-corrected chi connectivity index (χ4v) is 2.09. The van der Waals surface area contributed by atoms with Crippen LogP contribution in [0.2, 0.25) is 0 Å². The Kier molecular flexibility index (Phi) is 7.23. The minimum absolute atomic E-state index is 0.738. The summed E-state index contributed by atoms with van der Waals surface area (Å²) in [6.07, 6.45) is 5.37. The van der Waals surface area contributed by atoms with Crippen molar-refractivity contribution >= 4 is 11.8 Å². The van der Waals surface area contributed by atoms with Gasteiger partial charge in [0.2, 0.25) is 5.95 Å². The van der Waals surface area contributed by atoms with Gasteiger partial charge in [-0.05, 0) is 25.3 Å². The third-order valence-electron chi connectivity index (χ3n) is 3.51. The maximum Gasteiger partial charge on any atom is 0.224 e. The van der Waals surface area contributed by atoms with Gasteiger partial charge in [-0.3, -0.25) is 0 Å². The molecule has 0 aliphatic rings. The van der Waals surface area contributed by atoms with Crippen molar-refractivity contribution in [1.29, 1.82) is 0 Å². The smallest absolute Gasteiger partial charge is 0.224 e. The van der Waals surface area contributed by atoms with Crippen LogP contribution in [0.25, 0.3) is 0 Å². The first-order valence-electron chi connectivity index (χ1n) is 7.56. The average molecular weight is 264 g/mol. The molecule has 0 radical (unpaired) electrons. The van der Waals surface area contributed by atoms with Crippen LogP contribution in [0.3, 0.4) is 0 Å². The van der Waals surface area contributed by atoms with Gasteiger partial charge in [0.05, 0.1) is 0 Å². The Morgan fingerprint density at radius 2 is 1.95 bits per heavy atom. The monoisotopic (exact) mass is 264 g/mol. The van der Waals surface area contributed by atoms with Crippen molar-refractivity contribution in [3.63, 3.8) is 0 Å². The molecule has 0 aliphatic heterocycles. The predicted octanol–water partition coefficient (Wildman–Crippen LogP) is 3.56. The minimum Gasteiger partial charge on any atom is -0.356 e. The third kappa shape index (κ3) is 5.05. The first kappa shape index (κ1) is 15.7. The molecule has 1 heterocycles. The predicted molar refractivity (Wildman–Crippen MR) is 82.8 cm³/mol. The zero-order chi connectivity index (χ0) is 14.1. The highest BCUT2D eigenvalue weighted by molar-refractivity contribution is 5.42. The molecule has 0 spiro atoms. The summed E-state index contributed by atoms with van der Waals surface area (Å²) >= 11 is 0. The van der Waals surface area contributed by atoms with Crippen LogP contribution >= 0.6 is 0 Å². The van der Waals surface area contributed by atoms with E-state index in [1.54, 1.807) is 0 Å². The van der Waals surface area contributed by atoms with Crippen molar-refractivity contribution in [3.8, 4) is 0 Å².